The summed E-state index contributed by atoms with van der Waals surface area (Å²) in [5.74, 6) is -4.69. The van der Waals surface area contributed by atoms with Gasteiger partial charge in [0, 0.05) is 43.1 Å². The van der Waals surface area contributed by atoms with Gasteiger partial charge in [0.1, 0.15) is 17.2 Å². The molecule has 0 amide bonds. The molecular formula is C30H38FN3O2. The summed E-state index contributed by atoms with van der Waals surface area (Å²) < 4.78 is 134. The van der Waals surface area contributed by atoms with Gasteiger partial charge in [-0.15, -0.1) is 0 Å². The maximum atomic E-state index is 14.5. The molecule has 0 spiro atoms. The molecule has 2 aromatic carbocycles. The zero-order valence-corrected chi connectivity index (χ0v) is 20.2. The van der Waals surface area contributed by atoms with Crippen LogP contribution in [0.25, 0.3) is 11.0 Å². The standard InChI is InChI=1S/C30H38FN3O2/c1-20(2)28-24-13-12-23(31)19-22(24)14-15-30(28,36-29(35)21-10-11-21)16-18-34(3)17-6-9-27-32-25-7-4-5-8-26(25)33-27/h4-5,7-8,12-13,19-21,28H,6,9-11,14-18H2,1-3H3,(H,32,33)/t28-,30-/m0/s1/i3D3,6D2,9D2,14D2,15D2,17D2. The first kappa shape index (κ1) is 13.7. The van der Waals surface area contributed by atoms with Crippen LogP contribution in [-0.4, -0.2) is 46.5 Å². The first-order valence-electron chi connectivity index (χ1n) is 18.6. The number of benzene rings is 2. The second kappa shape index (κ2) is 10.3. The van der Waals surface area contributed by atoms with Crippen molar-refractivity contribution < 1.29 is 31.7 Å². The van der Waals surface area contributed by atoms with E-state index in [1.165, 1.54) is 12.1 Å². The number of imidazole rings is 1. The molecule has 2 aliphatic rings. The number of fused-ring (bicyclic) bond motifs is 2. The fourth-order valence-electron chi connectivity index (χ4n) is 4.75. The molecule has 0 unspecified atom stereocenters. The lowest BCUT2D eigenvalue weighted by molar-refractivity contribution is -0.169. The normalized spacial score (nSPS) is 31.5. The van der Waals surface area contributed by atoms with Crippen molar-refractivity contribution in [3.8, 4) is 0 Å². The van der Waals surface area contributed by atoms with Crippen molar-refractivity contribution in [2.45, 2.75) is 70.1 Å². The number of nitrogens with zero attached hydrogens (tertiary/aromatic N) is 2. The van der Waals surface area contributed by atoms with Gasteiger partial charge in [0.25, 0.3) is 0 Å². The summed E-state index contributed by atoms with van der Waals surface area (Å²) in [7, 11) is 0. The van der Waals surface area contributed by atoms with Gasteiger partial charge in [-0.1, -0.05) is 32.0 Å². The highest BCUT2D eigenvalue weighted by atomic mass is 19.1. The summed E-state index contributed by atoms with van der Waals surface area (Å²) >= 11 is 0. The Hall–Kier alpha value is -2.73. The number of esters is 1. The highest BCUT2D eigenvalue weighted by molar-refractivity contribution is 5.76. The first-order chi connectivity index (χ1) is 22.3. The van der Waals surface area contributed by atoms with E-state index in [1.54, 1.807) is 32.0 Å². The molecule has 36 heavy (non-hydrogen) atoms. The van der Waals surface area contributed by atoms with Gasteiger partial charge < -0.3 is 14.6 Å². The first-order valence-corrected chi connectivity index (χ1v) is 12.1. The molecule has 0 aliphatic heterocycles. The van der Waals surface area contributed by atoms with Crippen LogP contribution in [-0.2, 0) is 22.3 Å². The molecule has 0 saturated heterocycles. The maximum Gasteiger partial charge on any atom is 0.309 e. The molecule has 2 atom stereocenters. The second-order valence-corrected chi connectivity index (χ2v) is 9.65. The van der Waals surface area contributed by atoms with Gasteiger partial charge in [-0.25, -0.2) is 9.37 Å². The molecule has 5 nitrogen and oxygen atoms in total. The summed E-state index contributed by atoms with van der Waals surface area (Å²) in [5.41, 5.74) is -2.09. The van der Waals surface area contributed by atoms with E-state index < -0.39 is 92.9 Å². The summed E-state index contributed by atoms with van der Waals surface area (Å²) in [6.45, 7) is -4.85. The summed E-state index contributed by atoms with van der Waals surface area (Å²) in [4.78, 5) is 20.2. The summed E-state index contributed by atoms with van der Waals surface area (Å²) in [5, 5.41) is 0. The number of nitrogens with one attached hydrogen (secondary N) is 1. The minimum Gasteiger partial charge on any atom is -0.458 e. The van der Waals surface area contributed by atoms with Gasteiger partial charge in [0.2, 0.25) is 0 Å². The van der Waals surface area contributed by atoms with Crippen LogP contribution in [0.3, 0.4) is 0 Å². The minimum atomic E-state index is -3.66. The van der Waals surface area contributed by atoms with E-state index in [-0.39, 0.29) is 21.5 Å². The van der Waals surface area contributed by atoms with E-state index in [0.29, 0.717) is 18.4 Å². The van der Waals surface area contributed by atoms with Crippen molar-refractivity contribution in [1.29, 1.82) is 0 Å². The Kier molecular flexibility index (Phi) is 3.93. The lowest BCUT2D eigenvalue weighted by Crippen LogP contribution is -2.48. The lowest BCUT2D eigenvalue weighted by Gasteiger charge is -2.47. The number of hydrogen-bond acceptors (Lipinski definition) is 4. The number of aryl methyl sites for hydroxylation is 2. The van der Waals surface area contributed by atoms with Crippen LogP contribution in [0.15, 0.2) is 42.5 Å². The second-order valence-electron chi connectivity index (χ2n) is 9.65. The Labute approximate surface area is 231 Å². The highest BCUT2D eigenvalue weighted by Crippen LogP contribution is 2.49. The molecule has 1 aromatic heterocycles. The Morgan fingerprint density at radius 3 is 2.94 bits per heavy atom. The molecule has 1 fully saturated rings. The van der Waals surface area contributed by atoms with Crippen molar-refractivity contribution in [2.75, 3.05) is 20.0 Å². The number of rotatable bonds is 10. The summed E-state index contributed by atoms with van der Waals surface area (Å²) in [6, 6.07) is 9.52. The number of ether oxygens (including phenoxy) is 1. The van der Waals surface area contributed by atoms with E-state index in [2.05, 4.69) is 9.97 Å². The summed E-state index contributed by atoms with van der Waals surface area (Å²) in [6.07, 6.45) is -13.0. The molecule has 6 heteroatoms. The molecule has 0 bridgehead atoms. The minimum absolute atomic E-state index is 0.0798. The molecule has 1 saturated carbocycles. The number of carbonyl (C=O) groups is 1. The number of H-pyrrole nitrogens is 1. The molecule has 192 valence electrons. The van der Waals surface area contributed by atoms with E-state index >= 15 is 0 Å². The van der Waals surface area contributed by atoms with E-state index in [0.717, 1.165) is 12.1 Å². The van der Waals surface area contributed by atoms with Gasteiger partial charge in [-0.3, -0.25) is 4.79 Å². The van der Waals surface area contributed by atoms with Gasteiger partial charge in [0.15, 0.2) is 0 Å². The number of halogens is 1. The molecule has 2 aliphatic carbocycles. The number of hydrogen-bond donors (Lipinski definition) is 1. The van der Waals surface area contributed by atoms with E-state index in [9.17, 15) is 11.9 Å². The molecule has 0 radical (unpaired) electrons. The van der Waals surface area contributed by atoms with Crippen LogP contribution in [0.4, 0.5) is 4.39 Å². The monoisotopic (exact) mass is 504 g/mol. The Bertz CT molecular complexity index is 1710. The van der Waals surface area contributed by atoms with Crippen LogP contribution in [0, 0.1) is 17.7 Å². The SMILES string of the molecule is [2H]C([2H])([2H])N(CC[C@]1(OC(=O)C2CC2)[C@@H](C(C)C)c2ccc(F)cc2C([2H])([2H])C1([2H])[2H])C([2H])([2H])C([2H])([2H])C([2H])([2H])c1nc2ccccc2[nH]1. The van der Waals surface area contributed by atoms with Crippen molar-refractivity contribution in [3.05, 3.63) is 65.2 Å². The Morgan fingerprint density at radius 1 is 1.36 bits per heavy atom. The zero-order chi connectivity index (χ0) is 36.8. The number of para-hydroxylation sites is 2. The van der Waals surface area contributed by atoms with Crippen LogP contribution >= 0.6 is 0 Å². The van der Waals surface area contributed by atoms with Crippen LogP contribution in [0.5, 0.6) is 0 Å². The predicted octanol–water partition coefficient (Wildman–Crippen LogP) is 6.03. The molecule has 3 aromatic rings. The smallest absolute Gasteiger partial charge is 0.309 e. The number of carbonyl (C=O) groups excluding carboxylic acids is 1. The molecule has 1 heterocycles. The fourth-order valence-corrected chi connectivity index (χ4v) is 4.75. The lowest BCUT2D eigenvalue weighted by atomic mass is 9.65. The average molecular weight is 505 g/mol. The number of aromatic amines is 1. The molecular weight excluding hydrogens is 453 g/mol. The topological polar surface area (TPSA) is 58.2 Å². The van der Waals surface area contributed by atoms with Crippen LogP contribution in [0.1, 0.15) is 86.5 Å². The zero-order valence-electron chi connectivity index (χ0n) is 33.2. The third kappa shape index (κ3) is 5.34. The predicted molar refractivity (Wildman–Crippen MR) is 140 cm³/mol. The Balaban J connectivity index is 1.64. The fraction of sp³-hybridized carbons (Fsp3) is 0.533. The van der Waals surface area contributed by atoms with Gasteiger partial charge in [0.05, 0.1) is 17.0 Å². The molecule has 1 N–H and O–H groups in total. The van der Waals surface area contributed by atoms with Crippen molar-refractivity contribution >= 4 is 17.0 Å². The van der Waals surface area contributed by atoms with Gasteiger partial charge in [-0.05, 0) is 86.7 Å². The third-order valence-electron chi connectivity index (χ3n) is 6.59. The van der Waals surface area contributed by atoms with Gasteiger partial charge in [-0.2, -0.15) is 0 Å². The maximum absolute atomic E-state index is 14.5. The molecule has 5 rings (SSSR count). The van der Waals surface area contributed by atoms with Crippen molar-refractivity contribution in [1.82, 2.24) is 14.9 Å². The van der Waals surface area contributed by atoms with Crippen molar-refractivity contribution in [2.24, 2.45) is 11.8 Å². The third-order valence-corrected chi connectivity index (χ3v) is 6.59. The quantitative estimate of drug-likeness (QED) is 0.342. The van der Waals surface area contributed by atoms with E-state index in [1.807, 2.05) is 0 Å². The van der Waals surface area contributed by atoms with Crippen molar-refractivity contribution in [3.63, 3.8) is 0 Å². The largest absolute Gasteiger partial charge is 0.458 e. The van der Waals surface area contributed by atoms with Crippen LogP contribution < -0.4 is 0 Å². The van der Waals surface area contributed by atoms with E-state index in [4.69, 9.17) is 19.8 Å². The number of aromatic nitrogens is 2. The average Bonchev–Trinajstić information content (AvgIpc) is 3.74. The Morgan fingerprint density at radius 2 is 2.19 bits per heavy atom. The van der Waals surface area contributed by atoms with Crippen LogP contribution in [0.2, 0.25) is 0 Å². The highest BCUT2D eigenvalue weighted by Gasteiger charge is 2.49. The van der Waals surface area contributed by atoms with Gasteiger partial charge >= 0.3 is 5.97 Å².